The minimum absolute atomic E-state index is 0.353. The lowest BCUT2D eigenvalue weighted by atomic mass is 10.1. The molecule has 2 fully saturated rings. The first-order valence-electron chi connectivity index (χ1n) is 12.1. The van der Waals surface area contributed by atoms with Gasteiger partial charge in [-0.2, -0.15) is 4.31 Å². The highest BCUT2D eigenvalue weighted by Crippen LogP contribution is 2.61. The summed E-state index contributed by atoms with van der Waals surface area (Å²) in [6.07, 6.45) is -3.03. The summed E-state index contributed by atoms with van der Waals surface area (Å²) >= 11 is 0. The van der Waals surface area contributed by atoms with Gasteiger partial charge in [-0.1, -0.05) is 60.7 Å². The number of hydrogen-bond donors (Lipinski definition) is 3. The molecule has 7 unspecified atom stereocenters. The molecular weight excluding hydrogens is 570 g/mol. The Bertz CT molecular complexity index is 1520. The quantitative estimate of drug-likeness (QED) is 0.275. The van der Waals surface area contributed by atoms with E-state index < -0.39 is 64.3 Å². The van der Waals surface area contributed by atoms with Gasteiger partial charge in [0.15, 0.2) is 12.5 Å². The molecular formula is C24H26N2O12P2. The van der Waals surface area contributed by atoms with Gasteiger partial charge in [0.25, 0.3) is 5.56 Å². The molecule has 0 radical (unpaired) electrons. The first-order chi connectivity index (χ1) is 19.1. The predicted octanol–water partition coefficient (Wildman–Crippen LogP) is 2.24. The van der Waals surface area contributed by atoms with Crippen molar-refractivity contribution in [1.29, 1.82) is 0 Å². The number of phosphoric acid groups is 2. The van der Waals surface area contributed by atoms with Crippen LogP contribution in [-0.4, -0.2) is 50.5 Å². The Morgan fingerprint density at radius 3 is 2.12 bits per heavy atom. The number of rotatable bonds is 11. The van der Waals surface area contributed by atoms with Crippen LogP contribution >= 0.6 is 15.6 Å². The van der Waals surface area contributed by atoms with Gasteiger partial charge in [-0.15, -0.1) is 0 Å². The van der Waals surface area contributed by atoms with Crippen LogP contribution in [0.2, 0.25) is 0 Å². The smallest absolute Gasteiger partial charge is 0.346 e. The van der Waals surface area contributed by atoms with Gasteiger partial charge in [0.2, 0.25) is 0 Å². The van der Waals surface area contributed by atoms with Crippen LogP contribution in [0.5, 0.6) is 0 Å². The summed E-state index contributed by atoms with van der Waals surface area (Å²) in [7, 11) is -10.1. The minimum atomic E-state index is -5.13. The highest BCUT2D eigenvalue weighted by molar-refractivity contribution is 7.61. The van der Waals surface area contributed by atoms with Crippen LogP contribution in [0.1, 0.15) is 17.4 Å². The Labute approximate surface area is 227 Å². The summed E-state index contributed by atoms with van der Waals surface area (Å²) in [6.45, 7) is -0.989. The summed E-state index contributed by atoms with van der Waals surface area (Å²) in [5.74, 6) is 0. The summed E-state index contributed by atoms with van der Waals surface area (Å²) in [5.41, 5.74) is 0.0798. The van der Waals surface area contributed by atoms with Gasteiger partial charge in [-0.25, -0.2) is 13.9 Å². The zero-order chi connectivity index (χ0) is 28.3. The number of aromatic amines is 1. The molecule has 3 N–H and O–H groups in total. The fourth-order valence-electron chi connectivity index (χ4n) is 4.36. The zero-order valence-electron chi connectivity index (χ0n) is 20.8. The van der Waals surface area contributed by atoms with Gasteiger partial charge < -0.3 is 24.0 Å². The van der Waals surface area contributed by atoms with Crippen molar-refractivity contribution in [1.82, 2.24) is 9.55 Å². The van der Waals surface area contributed by atoms with Crippen LogP contribution in [0.25, 0.3) is 0 Å². The Morgan fingerprint density at radius 2 is 1.45 bits per heavy atom. The molecule has 1 aromatic heterocycles. The molecule has 2 saturated heterocycles. The summed E-state index contributed by atoms with van der Waals surface area (Å²) in [4.78, 5) is 46.2. The van der Waals surface area contributed by atoms with Crippen molar-refractivity contribution < 1.29 is 46.5 Å². The van der Waals surface area contributed by atoms with Gasteiger partial charge in [0.1, 0.15) is 18.3 Å². The molecule has 40 heavy (non-hydrogen) atoms. The average Bonchev–Trinajstić information content (AvgIpc) is 3.46. The molecule has 2 aromatic carbocycles. The lowest BCUT2D eigenvalue weighted by Gasteiger charge is -2.22. The lowest BCUT2D eigenvalue weighted by Crippen LogP contribution is -2.36. The lowest BCUT2D eigenvalue weighted by molar-refractivity contribution is -0.150. The van der Waals surface area contributed by atoms with E-state index in [0.717, 1.165) is 16.2 Å². The van der Waals surface area contributed by atoms with E-state index in [2.05, 4.69) is 9.29 Å². The van der Waals surface area contributed by atoms with Crippen LogP contribution in [-0.2, 0) is 49.7 Å². The van der Waals surface area contributed by atoms with E-state index >= 15 is 0 Å². The third-order valence-electron chi connectivity index (χ3n) is 6.12. The van der Waals surface area contributed by atoms with Gasteiger partial charge in [0.05, 0.1) is 13.2 Å². The van der Waals surface area contributed by atoms with E-state index in [9.17, 15) is 28.5 Å². The molecule has 214 valence electrons. The van der Waals surface area contributed by atoms with E-state index in [1.165, 1.54) is 6.20 Å². The minimum Gasteiger partial charge on any atom is -0.346 e. The topological polar surface area (TPSA) is 185 Å². The van der Waals surface area contributed by atoms with Crippen molar-refractivity contribution in [2.24, 2.45) is 0 Å². The Morgan fingerprint density at radius 1 is 0.825 bits per heavy atom. The highest BCUT2D eigenvalue weighted by atomic mass is 31.3. The molecule has 2 aliphatic heterocycles. The number of fused-ring (bicyclic) bond motifs is 1. The molecule has 3 aromatic rings. The molecule has 0 amide bonds. The number of H-pyrrole nitrogens is 1. The van der Waals surface area contributed by atoms with E-state index in [1.807, 2.05) is 30.3 Å². The number of nitrogens with zero attached hydrogens (tertiary/aromatic N) is 1. The number of benzene rings is 2. The summed E-state index contributed by atoms with van der Waals surface area (Å²) in [5, 5.41) is 0. The van der Waals surface area contributed by atoms with Crippen molar-refractivity contribution >= 4 is 15.6 Å². The molecule has 3 heterocycles. The number of ether oxygens (including phenoxy) is 3. The van der Waals surface area contributed by atoms with E-state index in [-0.39, 0.29) is 6.61 Å². The van der Waals surface area contributed by atoms with Crippen molar-refractivity contribution in [2.45, 2.75) is 43.9 Å². The third-order valence-corrected chi connectivity index (χ3v) is 8.70. The second kappa shape index (κ2) is 12.0. The second-order valence-electron chi connectivity index (χ2n) is 8.98. The van der Waals surface area contributed by atoms with Gasteiger partial charge in [-0.3, -0.25) is 23.4 Å². The molecule has 0 spiro atoms. The number of hydrogen-bond acceptors (Lipinski definition) is 10. The number of phosphoric ester groups is 2. The molecule has 16 heteroatoms. The van der Waals surface area contributed by atoms with Crippen molar-refractivity contribution in [3.8, 4) is 0 Å². The number of nitrogens with one attached hydrogen (secondary N) is 1. The van der Waals surface area contributed by atoms with E-state index in [1.54, 1.807) is 30.3 Å². The van der Waals surface area contributed by atoms with Crippen LogP contribution in [0.3, 0.4) is 0 Å². The van der Waals surface area contributed by atoms with Crippen LogP contribution in [0, 0.1) is 0 Å². The first kappa shape index (κ1) is 28.8. The molecule has 7 atom stereocenters. The van der Waals surface area contributed by atoms with Gasteiger partial charge in [0, 0.05) is 18.7 Å². The van der Waals surface area contributed by atoms with E-state index in [0.29, 0.717) is 12.0 Å². The Balaban J connectivity index is 1.27. The predicted molar refractivity (Wildman–Crippen MR) is 137 cm³/mol. The first-order valence-corrected chi connectivity index (χ1v) is 15.1. The zero-order valence-corrected chi connectivity index (χ0v) is 22.5. The molecule has 0 aliphatic carbocycles. The fourth-order valence-corrected chi connectivity index (χ4v) is 6.43. The Kier molecular flexibility index (Phi) is 8.64. The van der Waals surface area contributed by atoms with Crippen molar-refractivity contribution in [2.75, 3.05) is 6.61 Å². The molecule has 0 saturated carbocycles. The van der Waals surface area contributed by atoms with Gasteiger partial charge >= 0.3 is 21.3 Å². The third kappa shape index (κ3) is 7.12. The monoisotopic (exact) mass is 596 g/mol. The molecule has 5 rings (SSSR count). The van der Waals surface area contributed by atoms with Crippen LogP contribution in [0.4, 0.5) is 0 Å². The maximum Gasteiger partial charge on any atom is 0.481 e. The van der Waals surface area contributed by atoms with Crippen molar-refractivity contribution in [3.63, 3.8) is 0 Å². The fraction of sp³-hybridized carbons (Fsp3) is 0.333. The average molecular weight is 596 g/mol. The highest BCUT2D eigenvalue weighted by Gasteiger charge is 2.54. The molecule has 14 nitrogen and oxygen atoms in total. The largest absolute Gasteiger partial charge is 0.481 e. The van der Waals surface area contributed by atoms with E-state index in [4.69, 9.17) is 23.3 Å². The van der Waals surface area contributed by atoms with Gasteiger partial charge in [-0.05, 0) is 11.1 Å². The maximum atomic E-state index is 12.5. The maximum absolute atomic E-state index is 12.5. The molecule has 0 bridgehead atoms. The van der Waals surface area contributed by atoms with Crippen LogP contribution in [0.15, 0.2) is 82.5 Å². The second-order valence-corrected chi connectivity index (χ2v) is 12.0. The summed E-state index contributed by atoms with van der Waals surface area (Å²) in [6, 6.07) is 18.8. The summed E-state index contributed by atoms with van der Waals surface area (Å²) < 4.78 is 58.0. The SMILES string of the molecule is O=c1ccn(C2OC(COP(=O)(O)OP(=O)(O)OCc3ccccc3)C3OC(Cc4ccccc4)OC32)c(=O)[nH]1. The van der Waals surface area contributed by atoms with Crippen LogP contribution < -0.4 is 11.2 Å². The standard InChI is InChI=1S/C24H26N2O12P2/c27-19-11-12-26(24(28)25-19)23-22-21(36-20(37-22)13-16-7-3-1-4-8-16)18(35-23)15-34-40(31,32)38-39(29,30)33-14-17-9-5-2-6-10-17/h1-12,18,20-23H,13-15H2,(H,29,30)(H,31,32)(H,25,27,28). The Hall–Kier alpha value is -2.74. The number of aromatic nitrogens is 2. The molecule has 2 aliphatic rings. The normalized spacial score (nSPS) is 27.1. The van der Waals surface area contributed by atoms with Crippen molar-refractivity contribution in [3.05, 3.63) is 105 Å².